The minimum atomic E-state index is -0.640. The first-order chi connectivity index (χ1) is 13.1. The number of nitrogens with one attached hydrogen (secondary N) is 2. The van der Waals surface area contributed by atoms with Crippen molar-refractivity contribution in [3.05, 3.63) is 58.6 Å². The summed E-state index contributed by atoms with van der Waals surface area (Å²) in [6.45, 7) is 3.17. The number of anilines is 2. The quantitative estimate of drug-likeness (QED) is 0.814. The second-order valence-corrected chi connectivity index (χ2v) is 6.75. The molecule has 0 saturated carbocycles. The first-order valence-electron chi connectivity index (χ1n) is 8.70. The lowest BCUT2D eigenvalue weighted by Gasteiger charge is -2.23. The van der Waals surface area contributed by atoms with Gasteiger partial charge in [0.1, 0.15) is 5.82 Å². The summed E-state index contributed by atoms with van der Waals surface area (Å²) >= 11 is 5.98. The fourth-order valence-electron chi connectivity index (χ4n) is 3.03. The Morgan fingerprint density at radius 1 is 1.30 bits per heavy atom. The van der Waals surface area contributed by atoms with Gasteiger partial charge in [-0.2, -0.15) is 0 Å². The highest BCUT2D eigenvalue weighted by molar-refractivity contribution is 6.30. The molecule has 5 nitrogen and oxygen atoms in total. The summed E-state index contributed by atoms with van der Waals surface area (Å²) in [4.78, 5) is 18.2. The summed E-state index contributed by atoms with van der Waals surface area (Å²) in [6.07, 6.45) is 5.54. The first-order valence-corrected chi connectivity index (χ1v) is 9.08. The van der Waals surface area contributed by atoms with Crippen molar-refractivity contribution in [1.29, 1.82) is 0 Å². The Balaban J connectivity index is 1.78. The molecule has 1 saturated heterocycles. The lowest BCUT2D eigenvalue weighted by atomic mass is 10.1. The number of allylic oxidation sites excluding steroid dienone is 3. The van der Waals surface area contributed by atoms with Crippen LogP contribution in [0.1, 0.15) is 12.8 Å². The molecule has 0 spiro atoms. The topological polar surface area (TPSA) is 53.6 Å². The van der Waals surface area contributed by atoms with Gasteiger partial charge in [-0.1, -0.05) is 17.7 Å². The zero-order valence-electron chi connectivity index (χ0n) is 14.6. The van der Waals surface area contributed by atoms with Crippen molar-refractivity contribution in [3.63, 3.8) is 0 Å². The highest BCUT2D eigenvalue weighted by Crippen LogP contribution is 2.26. The Kier molecular flexibility index (Phi) is 6.47. The molecule has 1 aromatic carbocycles. The number of carbonyl (C=O) groups excluding carboxylic acids is 1. The van der Waals surface area contributed by atoms with E-state index in [1.54, 1.807) is 18.2 Å². The molecule has 3 rings (SSSR count). The average molecular weight is 396 g/mol. The summed E-state index contributed by atoms with van der Waals surface area (Å²) in [7, 11) is 0. The molecule has 1 aliphatic heterocycles. The monoisotopic (exact) mass is 395 g/mol. The van der Waals surface area contributed by atoms with Crippen LogP contribution in [0, 0.1) is 5.82 Å². The van der Waals surface area contributed by atoms with Gasteiger partial charge in [-0.25, -0.2) is 4.39 Å². The van der Waals surface area contributed by atoms with Crippen LogP contribution in [0.3, 0.4) is 0 Å². The van der Waals surface area contributed by atoms with E-state index in [0.29, 0.717) is 23.7 Å². The largest absolute Gasteiger partial charge is 0.368 e. The van der Waals surface area contributed by atoms with Gasteiger partial charge in [-0.05, 0) is 43.3 Å². The summed E-state index contributed by atoms with van der Waals surface area (Å²) < 4.78 is 27.3. The van der Waals surface area contributed by atoms with Gasteiger partial charge >= 0.3 is 0 Å². The molecule has 1 amide bonds. The van der Waals surface area contributed by atoms with Gasteiger partial charge in [0.05, 0.1) is 11.3 Å². The van der Waals surface area contributed by atoms with Crippen LogP contribution in [-0.2, 0) is 9.74 Å². The van der Waals surface area contributed by atoms with Crippen LogP contribution in [0.4, 0.5) is 20.3 Å². The molecule has 0 radical (unpaired) electrons. The standard InChI is InChI=1S/C19H20ClF2N3O2/c20-13-3-1-4-18(27-22)15(11-13)19(26)24-14-5-6-17(16(21)12-14)25-9-2-7-23-8-10-25/h1,4-6,11-12,23H,2-3,7-10H2,(H,24,26). The molecule has 8 heteroatoms. The van der Waals surface area contributed by atoms with Gasteiger partial charge < -0.3 is 15.5 Å². The smallest absolute Gasteiger partial charge is 0.259 e. The van der Waals surface area contributed by atoms with E-state index in [1.807, 2.05) is 4.90 Å². The van der Waals surface area contributed by atoms with Crippen molar-refractivity contribution in [2.24, 2.45) is 0 Å². The maximum Gasteiger partial charge on any atom is 0.259 e. The fraction of sp³-hybridized carbons (Fsp3) is 0.316. The zero-order chi connectivity index (χ0) is 19.2. The molecule has 144 valence electrons. The van der Waals surface area contributed by atoms with E-state index in [-0.39, 0.29) is 17.0 Å². The van der Waals surface area contributed by atoms with Crippen molar-refractivity contribution in [2.75, 3.05) is 36.4 Å². The SMILES string of the molecule is O=C(Nc1ccc(N2CCCNCC2)c(F)c1)C1=C(OF)C=CCC(Cl)=C1. The van der Waals surface area contributed by atoms with E-state index in [2.05, 4.69) is 15.6 Å². The van der Waals surface area contributed by atoms with Gasteiger partial charge in [0.25, 0.3) is 5.91 Å². The lowest BCUT2D eigenvalue weighted by molar-refractivity contribution is -0.114. The highest BCUT2D eigenvalue weighted by Gasteiger charge is 2.19. The number of benzene rings is 1. The molecular formula is C19H20ClF2N3O2. The molecule has 1 heterocycles. The minimum Gasteiger partial charge on any atom is -0.368 e. The second-order valence-electron chi connectivity index (χ2n) is 6.26. The predicted octanol–water partition coefficient (Wildman–Crippen LogP) is 3.80. The first kappa shape index (κ1) is 19.4. The highest BCUT2D eigenvalue weighted by atomic mass is 35.5. The second kappa shape index (κ2) is 9.01. The summed E-state index contributed by atoms with van der Waals surface area (Å²) in [5.41, 5.74) is 0.681. The van der Waals surface area contributed by atoms with Crippen LogP contribution in [0.15, 0.2) is 52.8 Å². The third-order valence-electron chi connectivity index (χ3n) is 4.36. The van der Waals surface area contributed by atoms with E-state index >= 15 is 0 Å². The zero-order valence-corrected chi connectivity index (χ0v) is 15.4. The molecular weight excluding hydrogens is 376 g/mol. The summed E-state index contributed by atoms with van der Waals surface area (Å²) in [6, 6.07) is 4.50. The van der Waals surface area contributed by atoms with E-state index in [0.717, 1.165) is 26.1 Å². The van der Waals surface area contributed by atoms with E-state index in [9.17, 15) is 13.7 Å². The molecule has 0 unspecified atom stereocenters. The Morgan fingerprint density at radius 2 is 2.15 bits per heavy atom. The van der Waals surface area contributed by atoms with Crippen molar-refractivity contribution in [1.82, 2.24) is 5.32 Å². The van der Waals surface area contributed by atoms with E-state index < -0.39 is 11.7 Å². The fourth-order valence-corrected chi connectivity index (χ4v) is 3.22. The van der Waals surface area contributed by atoms with Crippen molar-refractivity contribution in [2.45, 2.75) is 12.8 Å². The third kappa shape index (κ3) is 4.87. The molecule has 0 atom stereocenters. The van der Waals surface area contributed by atoms with Gasteiger partial charge in [0, 0.05) is 41.3 Å². The Hall–Kier alpha value is -2.38. The van der Waals surface area contributed by atoms with Crippen molar-refractivity contribution >= 4 is 28.9 Å². The van der Waals surface area contributed by atoms with Gasteiger partial charge in [-0.3, -0.25) is 9.74 Å². The number of hydrogen-bond acceptors (Lipinski definition) is 4. The van der Waals surface area contributed by atoms with Crippen LogP contribution in [0.5, 0.6) is 0 Å². The maximum atomic E-state index is 14.6. The molecule has 2 N–H and O–H groups in total. The van der Waals surface area contributed by atoms with Crippen LogP contribution in [0.25, 0.3) is 0 Å². The molecule has 27 heavy (non-hydrogen) atoms. The third-order valence-corrected chi connectivity index (χ3v) is 4.63. The molecule has 2 aliphatic rings. The molecule has 1 aliphatic carbocycles. The normalized spacial score (nSPS) is 17.9. The van der Waals surface area contributed by atoms with Crippen LogP contribution < -0.4 is 15.5 Å². The minimum absolute atomic E-state index is 0.0701. The Labute approximate surface area is 161 Å². The summed E-state index contributed by atoms with van der Waals surface area (Å²) in [5.74, 6) is -1.32. The summed E-state index contributed by atoms with van der Waals surface area (Å²) in [5, 5.41) is 6.19. The number of amides is 1. The Morgan fingerprint density at radius 3 is 2.93 bits per heavy atom. The van der Waals surface area contributed by atoms with Gasteiger partial charge in [0.15, 0.2) is 5.76 Å². The molecule has 0 aromatic heterocycles. The average Bonchev–Trinajstić information content (AvgIpc) is 3.02. The van der Waals surface area contributed by atoms with E-state index in [1.165, 1.54) is 18.2 Å². The number of rotatable bonds is 4. The van der Waals surface area contributed by atoms with Crippen molar-refractivity contribution in [3.8, 4) is 0 Å². The van der Waals surface area contributed by atoms with Crippen LogP contribution in [0.2, 0.25) is 0 Å². The number of nitrogens with zero attached hydrogens (tertiary/aromatic N) is 1. The number of hydrogen-bond donors (Lipinski definition) is 2. The number of halogens is 3. The lowest BCUT2D eigenvalue weighted by Crippen LogP contribution is -2.28. The predicted molar refractivity (Wildman–Crippen MR) is 102 cm³/mol. The Bertz CT molecular complexity index is 800. The van der Waals surface area contributed by atoms with Crippen LogP contribution >= 0.6 is 11.6 Å². The molecule has 1 fully saturated rings. The van der Waals surface area contributed by atoms with E-state index in [4.69, 9.17) is 11.6 Å². The van der Waals surface area contributed by atoms with Crippen molar-refractivity contribution < 1.29 is 18.7 Å². The maximum absolute atomic E-state index is 14.6. The molecule has 1 aromatic rings. The van der Waals surface area contributed by atoms with Gasteiger partial charge in [-0.15, -0.1) is 0 Å². The van der Waals surface area contributed by atoms with Crippen LogP contribution in [-0.4, -0.2) is 32.1 Å². The molecule has 0 bridgehead atoms. The number of carbonyl (C=O) groups is 1. The van der Waals surface area contributed by atoms with Gasteiger partial charge in [0.2, 0.25) is 0 Å².